The number of ether oxygens (including phenoxy) is 1. The predicted octanol–water partition coefficient (Wildman–Crippen LogP) is 0.641. The Morgan fingerprint density at radius 3 is 3.00 bits per heavy atom. The van der Waals surface area contributed by atoms with Gasteiger partial charge in [-0.25, -0.2) is 4.98 Å². The molecule has 2 aliphatic heterocycles. The van der Waals surface area contributed by atoms with Gasteiger partial charge in [0.1, 0.15) is 5.82 Å². The quantitative estimate of drug-likeness (QED) is 0.707. The van der Waals surface area contributed by atoms with Gasteiger partial charge < -0.3 is 15.4 Å². The van der Waals surface area contributed by atoms with E-state index in [-0.39, 0.29) is 0 Å². The van der Waals surface area contributed by atoms with E-state index in [1.54, 1.807) is 0 Å². The third-order valence-corrected chi connectivity index (χ3v) is 3.00. The van der Waals surface area contributed by atoms with Crippen LogP contribution < -0.4 is 10.6 Å². The van der Waals surface area contributed by atoms with Crippen molar-refractivity contribution in [1.29, 1.82) is 0 Å². The largest absolute Gasteiger partial charge is 0.384 e. The maximum absolute atomic E-state index is 5.55. The minimum absolute atomic E-state index is 0.428. The van der Waals surface area contributed by atoms with Crippen LogP contribution in [0.2, 0.25) is 0 Å². The van der Waals surface area contributed by atoms with E-state index in [2.05, 4.69) is 9.88 Å². The van der Waals surface area contributed by atoms with Gasteiger partial charge in [-0.2, -0.15) is 0 Å². The fourth-order valence-corrected chi connectivity index (χ4v) is 2.28. The molecular weight excluding hydrogens is 178 g/mol. The van der Waals surface area contributed by atoms with Crippen molar-refractivity contribution >= 4 is 11.5 Å². The molecule has 4 nitrogen and oxygen atoms in total. The highest BCUT2D eigenvalue weighted by Gasteiger charge is 2.38. The number of aromatic nitrogens is 1. The maximum atomic E-state index is 5.55. The topological polar surface area (TPSA) is 51.4 Å². The van der Waals surface area contributed by atoms with Crippen LogP contribution in [0.1, 0.15) is 6.42 Å². The van der Waals surface area contributed by atoms with E-state index in [0.717, 1.165) is 25.3 Å². The normalized spacial score (nSPS) is 29.9. The molecule has 2 bridgehead atoms. The van der Waals surface area contributed by atoms with Gasteiger partial charge in [-0.3, -0.25) is 0 Å². The van der Waals surface area contributed by atoms with Crippen LogP contribution in [0.5, 0.6) is 0 Å². The zero-order valence-electron chi connectivity index (χ0n) is 7.89. The Bertz CT molecular complexity index is 338. The lowest BCUT2D eigenvalue weighted by Crippen LogP contribution is -2.36. The van der Waals surface area contributed by atoms with Crippen LogP contribution in [0.15, 0.2) is 18.3 Å². The van der Waals surface area contributed by atoms with Gasteiger partial charge >= 0.3 is 0 Å². The average molecular weight is 191 g/mol. The van der Waals surface area contributed by atoms with E-state index >= 15 is 0 Å². The standard InChI is InChI=1S/C10H13N3O/c11-10-2-1-7(4-12-10)13-5-9-3-8(13)6-14-9/h1-2,4,8-9H,3,5-6H2,(H2,11,12)/t8?,9-/m1/s1. The number of pyridine rings is 1. The zero-order chi connectivity index (χ0) is 9.54. The first-order valence-corrected chi connectivity index (χ1v) is 4.93. The molecule has 2 aliphatic rings. The van der Waals surface area contributed by atoms with Crippen LogP contribution in [0.4, 0.5) is 11.5 Å². The Morgan fingerprint density at radius 2 is 2.43 bits per heavy atom. The molecule has 4 heteroatoms. The molecule has 3 rings (SSSR count). The van der Waals surface area contributed by atoms with Gasteiger partial charge in [-0.1, -0.05) is 0 Å². The average Bonchev–Trinajstić information content (AvgIpc) is 2.80. The van der Waals surface area contributed by atoms with Gasteiger partial charge in [-0.05, 0) is 18.6 Å². The Labute approximate surface area is 82.7 Å². The van der Waals surface area contributed by atoms with E-state index in [4.69, 9.17) is 10.5 Å². The minimum Gasteiger partial charge on any atom is -0.384 e. The second-order valence-corrected chi connectivity index (χ2v) is 3.94. The van der Waals surface area contributed by atoms with Gasteiger partial charge in [0.2, 0.25) is 0 Å². The van der Waals surface area contributed by atoms with E-state index in [0.29, 0.717) is 18.0 Å². The molecule has 0 saturated carbocycles. The molecule has 2 fully saturated rings. The van der Waals surface area contributed by atoms with Crippen LogP contribution in [0.3, 0.4) is 0 Å². The molecule has 2 atom stereocenters. The molecule has 1 aromatic heterocycles. The highest BCUT2D eigenvalue weighted by Crippen LogP contribution is 2.31. The molecule has 0 spiro atoms. The summed E-state index contributed by atoms with van der Waals surface area (Å²) in [5.41, 5.74) is 6.71. The maximum Gasteiger partial charge on any atom is 0.123 e. The van der Waals surface area contributed by atoms with Gasteiger partial charge in [0, 0.05) is 6.54 Å². The van der Waals surface area contributed by atoms with Crippen molar-refractivity contribution in [1.82, 2.24) is 4.98 Å². The first kappa shape index (κ1) is 8.05. The molecule has 0 aliphatic carbocycles. The summed E-state index contributed by atoms with van der Waals surface area (Å²) in [5, 5.41) is 0. The second-order valence-electron chi connectivity index (χ2n) is 3.94. The van der Waals surface area contributed by atoms with E-state index in [1.807, 2.05) is 18.3 Å². The molecule has 1 unspecified atom stereocenters. The third kappa shape index (κ3) is 1.14. The van der Waals surface area contributed by atoms with Crippen LogP contribution in [0, 0.1) is 0 Å². The summed E-state index contributed by atoms with van der Waals surface area (Å²) in [7, 11) is 0. The van der Waals surface area contributed by atoms with Crippen LogP contribution >= 0.6 is 0 Å². The number of nitrogens with zero attached hydrogens (tertiary/aromatic N) is 2. The van der Waals surface area contributed by atoms with Crippen molar-refractivity contribution in [2.24, 2.45) is 0 Å². The highest BCUT2D eigenvalue weighted by atomic mass is 16.5. The van der Waals surface area contributed by atoms with Gasteiger partial charge in [-0.15, -0.1) is 0 Å². The van der Waals surface area contributed by atoms with Gasteiger partial charge in [0.05, 0.1) is 30.6 Å². The van der Waals surface area contributed by atoms with E-state index in [1.165, 1.54) is 0 Å². The fourth-order valence-electron chi connectivity index (χ4n) is 2.28. The van der Waals surface area contributed by atoms with Gasteiger partial charge in [0.15, 0.2) is 0 Å². The summed E-state index contributed by atoms with van der Waals surface area (Å²) in [6.45, 7) is 1.85. The smallest absolute Gasteiger partial charge is 0.123 e. The Hall–Kier alpha value is -1.29. The first-order valence-electron chi connectivity index (χ1n) is 4.93. The molecule has 0 aromatic carbocycles. The van der Waals surface area contributed by atoms with Crippen molar-refractivity contribution in [3.63, 3.8) is 0 Å². The number of fused-ring (bicyclic) bond motifs is 2. The van der Waals surface area contributed by atoms with Crippen molar-refractivity contribution in [3.05, 3.63) is 18.3 Å². The van der Waals surface area contributed by atoms with Crippen LogP contribution in [-0.2, 0) is 4.74 Å². The van der Waals surface area contributed by atoms with Crippen molar-refractivity contribution in [3.8, 4) is 0 Å². The summed E-state index contributed by atoms with van der Waals surface area (Å²) in [6, 6.07) is 4.43. The fraction of sp³-hybridized carbons (Fsp3) is 0.500. The molecule has 3 heterocycles. The molecule has 1 aromatic rings. The first-order chi connectivity index (χ1) is 6.83. The number of nitrogens with two attached hydrogens (primary N) is 1. The summed E-state index contributed by atoms with van der Waals surface area (Å²) >= 11 is 0. The number of rotatable bonds is 1. The highest BCUT2D eigenvalue weighted by molar-refractivity contribution is 5.50. The minimum atomic E-state index is 0.428. The van der Waals surface area contributed by atoms with E-state index < -0.39 is 0 Å². The third-order valence-electron chi connectivity index (χ3n) is 3.00. The van der Waals surface area contributed by atoms with Crippen LogP contribution in [-0.4, -0.2) is 30.3 Å². The zero-order valence-corrected chi connectivity index (χ0v) is 7.89. The molecule has 0 amide bonds. The Kier molecular flexibility index (Phi) is 1.64. The molecule has 74 valence electrons. The number of nitrogen functional groups attached to an aromatic ring is 1. The number of hydrogen-bond acceptors (Lipinski definition) is 4. The summed E-state index contributed by atoms with van der Waals surface area (Å²) in [5.74, 6) is 0.578. The summed E-state index contributed by atoms with van der Waals surface area (Å²) in [6.07, 6.45) is 3.43. The van der Waals surface area contributed by atoms with Crippen molar-refractivity contribution < 1.29 is 4.74 Å². The van der Waals surface area contributed by atoms with E-state index in [9.17, 15) is 0 Å². The lowest BCUT2D eigenvalue weighted by Gasteiger charge is -2.28. The Balaban J connectivity index is 1.86. The van der Waals surface area contributed by atoms with Crippen molar-refractivity contribution in [2.45, 2.75) is 18.6 Å². The summed E-state index contributed by atoms with van der Waals surface area (Å²) < 4.78 is 5.54. The van der Waals surface area contributed by atoms with Crippen LogP contribution in [0.25, 0.3) is 0 Å². The second kappa shape index (κ2) is 2.85. The molecule has 14 heavy (non-hydrogen) atoms. The predicted molar refractivity (Wildman–Crippen MR) is 54.1 cm³/mol. The summed E-state index contributed by atoms with van der Waals surface area (Å²) in [4.78, 5) is 6.46. The lowest BCUT2D eigenvalue weighted by atomic mass is 10.2. The monoisotopic (exact) mass is 191 g/mol. The molecule has 2 N–H and O–H groups in total. The Morgan fingerprint density at radius 1 is 1.50 bits per heavy atom. The number of morpholine rings is 1. The number of anilines is 2. The van der Waals surface area contributed by atoms with Crippen molar-refractivity contribution in [2.75, 3.05) is 23.8 Å². The molecule has 0 radical (unpaired) electrons. The SMILES string of the molecule is Nc1ccc(N2C[C@H]3CC2CO3)cn1. The lowest BCUT2D eigenvalue weighted by molar-refractivity contribution is 0.0991. The molecular formula is C10H13N3O. The molecule has 2 saturated heterocycles. The van der Waals surface area contributed by atoms with Gasteiger partial charge in [0.25, 0.3) is 0 Å². The number of hydrogen-bond donors (Lipinski definition) is 1.